The highest BCUT2D eigenvalue weighted by molar-refractivity contribution is 5.01. The van der Waals surface area contributed by atoms with Crippen LogP contribution in [0.1, 0.15) is 47.0 Å². The summed E-state index contributed by atoms with van der Waals surface area (Å²) in [6, 6.07) is 1.67. The van der Waals surface area contributed by atoms with Gasteiger partial charge in [0.05, 0.1) is 0 Å². The van der Waals surface area contributed by atoms with Crippen LogP contribution in [-0.2, 0) is 0 Å². The Morgan fingerprint density at radius 2 is 1.89 bits per heavy atom. The molecule has 0 bridgehead atoms. The van der Waals surface area contributed by atoms with E-state index in [2.05, 4.69) is 37.9 Å². The number of hydrogen-bond acceptors (Lipinski definition) is 2. The van der Waals surface area contributed by atoms with Gasteiger partial charge in [0.2, 0.25) is 0 Å². The highest BCUT2D eigenvalue weighted by Crippen LogP contribution is 2.42. The molecule has 6 unspecified atom stereocenters. The van der Waals surface area contributed by atoms with Crippen LogP contribution >= 0.6 is 0 Å². The van der Waals surface area contributed by atoms with Crippen LogP contribution in [-0.4, -0.2) is 36.6 Å². The van der Waals surface area contributed by atoms with E-state index >= 15 is 0 Å². The van der Waals surface area contributed by atoms with Gasteiger partial charge in [0.1, 0.15) is 0 Å². The maximum absolute atomic E-state index is 3.59. The van der Waals surface area contributed by atoms with Crippen molar-refractivity contribution in [3.05, 3.63) is 0 Å². The van der Waals surface area contributed by atoms with E-state index in [1.54, 1.807) is 0 Å². The molecular weight excluding hydrogens is 232 g/mol. The van der Waals surface area contributed by atoms with Crippen molar-refractivity contribution in [2.45, 2.75) is 59.0 Å². The van der Waals surface area contributed by atoms with Crippen molar-refractivity contribution in [1.82, 2.24) is 10.2 Å². The summed E-state index contributed by atoms with van der Waals surface area (Å²) in [4.78, 5) is 2.91. The molecule has 0 aromatic rings. The Hall–Kier alpha value is -0.0800. The van der Waals surface area contributed by atoms with E-state index in [1.807, 2.05) is 0 Å². The van der Waals surface area contributed by atoms with Gasteiger partial charge in [0.25, 0.3) is 0 Å². The van der Waals surface area contributed by atoms with Gasteiger partial charge in [0.15, 0.2) is 0 Å². The van der Waals surface area contributed by atoms with E-state index < -0.39 is 0 Å². The second-order valence-electron chi connectivity index (χ2n) is 7.91. The lowest BCUT2D eigenvalue weighted by atomic mass is 9.73. The highest BCUT2D eigenvalue weighted by atomic mass is 15.2. The maximum atomic E-state index is 3.59. The molecule has 0 spiro atoms. The molecule has 1 aliphatic carbocycles. The van der Waals surface area contributed by atoms with Crippen LogP contribution in [0.15, 0.2) is 0 Å². The molecule has 3 fully saturated rings. The Balaban J connectivity index is 1.75. The van der Waals surface area contributed by atoms with Crippen LogP contribution in [0.2, 0.25) is 0 Å². The number of fused-ring (bicyclic) bond motifs is 1. The zero-order valence-corrected chi connectivity index (χ0v) is 13.2. The molecule has 1 saturated carbocycles. The summed E-state index contributed by atoms with van der Waals surface area (Å²) in [7, 11) is 0. The fourth-order valence-electron chi connectivity index (χ4n) is 5.17. The topological polar surface area (TPSA) is 15.3 Å². The third-order valence-corrected chi connectivity index (χ3v) is 6.39. The van der Waals surface area contributed by atoms with Crippen LogP contribution in [0.4, 0.5) is 0 Å². The van der Waals surface area contributed by atoms with Gasteiger partial charge in [-0.2, -0.15) is 0 Å². The fourth-order valence-corrected chi connectivity index (χ4v) is 5.17. The normalized spacial score (nSPS) is 47.8. The lowest BCUT2D eigenvalue weighted by Crippen LogP contribution is -2.49. The first-order valence-electron chi connectivity index (χ1n) is 8.54. The minimum atomic E-state index is 0.802. The number of nitrogens with zero attached hydrogens (tertiary/aromatic N) is 1. The molecule has 2 saturated heterocycles. The van der Waals surface area contributed by atoms with Crippen molar-refractivity contribution >= 4 is 0 Å². The van der Waals surface area contributed by atoms with Crippen LogP contribution in [0.25, 0.3) is 0 Å². The van der Waals surface area contributed by atoms with E-state index in [4.69, 9.17) is 0 Å². The predicted molar refractivity (Wildman–Crippen MR) is 81.1 cm³/mol. The quantitative estimate of drug-likeness (QED) is 0.825. The summed E-state index contributed by atoms with van der Waals surface area (Å²) < 4.78 is 0. The Morgan fingerprint density at radius 1 is 1.11 bits per heavy atom. The number of hydrogen-bond donors (Lipinski definition) is 1. The standard InChI is InChI=1S/C17H32N2/c1-11(2)15-6-5-12(3)7-17(15)19-10-14-8-18-9-16(14)13(19)4/h11-18H,5-10H2,1-4H3. The van der Waals surface area contributed by atoms with Crippen molar-refractivity contribution in [1.29, 1.82) is 0 Å². The van der Waals surface area contributed by atoms with Crippen LogP contribution in [0.3, 0.4) is 0 Å². The highest BCUT2D eigenvalue weighted by Gasteiger charge is 2.46. The second kappa shape index (κ2) is 5.37. The molecule has 110 valence electrons. The predicted octanol–water partition coefficient (Wildman–Crippen LogP) is 2.99. The summed E-state index contributed by atoms with van der Waals surface area (Å²) in [6.45, 7) is 13.7. The van der Waals surface area contributed by atoms with Crippen molar-refractivity contribution in [3.8, 4) is 0 Å². The summed E-state index contributed by atoms with van der Waals surface area (Å²) >= 11 is 0. The minimum absolute atomic E-state index is 0.802. The molecule has 3 rings (SSSR count). The first-order chi connectivity index (χ1) is 9.08. The van der Waals surface area contributed by atoms with Gasteiger partial charge >= 0.3 is 0 Å². The van der Waals surface area contributed by atoms with Crippen molar-refractivity contribution in [2.24, 2.45) is 29.6 Å². The molecule has 2 aliphatic heterocycles. The Bertz CT molecular complexity index is 314. The smallest absolute Gasteiger partial charge is 0.0132 e. The average Bonchev–Trinajstić information content (AvgIpc) is 2.92. The van der Waals surface area contributed by atoms with Crippen LogP contribution < -0.4 is 5.32 Å². The molecule has 2 heteroatoms. The molecule has 6 atom stereocenters. The van der Waals surface area contributed by atoms with Crippen molar-refractivity contribution < 1.29 is 0 Å². The van der Waals surface area contributed by atoms with Crippen molar-refractivity contribution in [3.63, 3.8) is 0 Å². The van der Waals surface area contributed by atoms with Crippen LogP contribution in [0.5, 0.6) is 0 Å². The zero-order chi connectivity index (χ0) is 13.6. The lowest BCUT2D eigenvalue weighted by Gasteiger charge is -2.44. The molecule has 0 amide bonds. The molecule has 0 aromatic carbocycles. The first kappa shape index (κ1) is 13.9. The van der Waals surface area contributed by atoms with Gasteiger partial charge in [-0.1, -0.05) is 27.2 Å². The molecular formula is C17H32N2. The van der Waals surface area contributed by atoms with Gasteiger partial charge in [-0.3, -0.25) is 4.90 Å². The number of likely N-dealkylation sites (tertiary alicyclic amines) is 1. The summed E-state index contributed by atoms with van der Waals surface area (Å²) in [6.07, 6.45) is 4.36. The Morgan fingerprint density at radius 3 is 2.58 bits per heavy atom. The lowest BCUT2D eigenvalue weighted by molar-refractivity contribution is 0.0474. The average molecular weight is 264 g/mol. The van der Waals surface area contributed by atoms with E-state index in [1.165, 1.54) is 38.9 Å². The molecule has 0 aromatic heterocycles. The largest absolute Gasteiger partial charge is 0.316 e. The fraction of sp³-hybridized carbons (Fsp3) is 1.00. The SMILES string of the molecule is CC1CCC(C(C)C)C(N2CC3CNCC3C2C)C1. The van der Waals surface area contributed by atoms with Crippen molar-refractivity contribution in [2.75, 3.05) is 19.6 Å². The molecule has 2 nitrogen and oxygen atoms in total. The van der Waals surface area contributed by atoms with E-state index in [-0.39, 0.29) is 0 Å². The van der Waals surface area contributed by atoms with E-state index in [0.29, 0.717) is 0 Å². The molecule has 3 aliphatic rings. The van der Waals surface area contributed by atoms with Gasteiger partial charge in [-0.15, -0.1) is 0 Å². The van der Waals surface area contributed by atoms with Gasteiger partial charge < -0.3 is 5.32 Å². The third-order valence-electron chi connectivity index (χ3n) is 6.39. The van der Waals surface area contributed by atoms with Gasteiger partial charge in [0, 0.05) is 18.6 Å². The molecule has 0 radical (unpaired) electrons. The van der Waals surface area contributed by atoms with E-state index in [0.717, 1.165) is 41.7 Å². The third kappa shape index (κ3) is 2.47. The minimum Gasteiger partial charge on any atom is -0.316 e. The van der Waals surface area contributed by atoms with Gasteiger partial charge in [-0.05, 0) is 62.4 Å². The maximum Gasteiger partial charge on any atom is 0.0132 e. The van der Waals surface area contributed by atoms with E-state index in [9.17, 15) is 0 Å². The summed E-state index contributed by atoms with van der Waals surface area (Å²) in [5, 5.41) is 3.59. The Labute approximate surface area is 119 Å². The summed E-state index contributed by atoms with van der Waals surface area (Å²) in [5.41, 5.74) is 0. The Kier molecular flexibility index (Phi) is 3.92. The van der Waals surface area contributed by atoms with Gasteiger partial charge in [-0.25, -0.2) is 0 Å². The first-order valence-corrected chi connectivity index (χ1v) is 8.54. The molecule has 1 N–H and O–H groups in total. The summed E-state index contributed by atoms with van der Waals surface area (Å²) in [5.74, 6) is 4.57. The zero-order valence-electron chi connectivity index (χ0n) is 13.2. The molecule has 2 heterocycles. The monoisotopic (exact) mass is 264 g/mol. The number of rotatable bonds is 2. The number of nitrogens with one attached hydrogen (secondary N) is 1. The second-order valence-corrected chi connectivity index (χ2v) is 7.91. The van der Waals surface area contributed by atoms with Crippen LogP contribution in [0, 0.1) is 29.6 Å². The molecule has 19 heavy (non-hydrogen) atoms.